The number of nitrogens with zero attached hydrogens (tertiary/aromatic N) is 1. The van der Waals surface area contributed by atoms with Crippen LogP contribution in [0.3, 0.4) is 0 Å². The number of carboxylic acids is 1. The molecule has 2 aromatic carbocycles. The fraction of sp³-hybridized carbons (Fsp3) is 0.0625. The average molecular weight is 296 g/mol. The fourth-order valence-electron chi connectivity index (χ4n) is 2.08. The summed E-state index contributed by atoms with van der Waals surface area (Å²) in [7, 11) is 0. The zero-order valence-corrected chi connectivity index (χ0v) is 11.4. The lowest BCUT2D eigenvalue weighted by atomic mass is 10.2. The number of carboxylic acid groups (broad SMARTS) is 1. The quantitative estimate of drug-likeness (QED) is 0.768. The van der Waals surface area contributed by atoms with E-state index >= 15 is 0 Å². The average Bonchev–Trinajstić information content (AvgIpc) is 2.53. The number of H-pyrrole nitrogens is 1. The van der Waals surface area contributed by atoms with E-state index in [0.29, 0.717) is 28.0 Å². The number of aromatic amines is 1. The molecular formula is C16H12N2O4. The lowest BCUT2D eigenvalue weighted by Crippen LogP contribution is -2.10. The summed E-state index contributed by atoms with van der Waals surface area (Å²) >= 11 is 0. The molecular weight excluding hydrogens is 284 g/mol. The van der Waals surface area contributed by atoms with Crippen molar-refractivity contribution in [1.82, 2.24) is 9.97 Å². The summed E-state index contributed by atoms with van der Waals surface area (Å²) in [5.41, 5.74) is 1.13. The fourth-order valence-corrected chi connectivity index (χ4v) is 2.08. The van der Waals surface area contributed by atoms with Crippen LogP contribution in [-0.2, 0) is 4.79 Å². The van der Waals surface area contributed by atoms with Gasteiger partial charge in [-0.3, -0.25) is 4.79 Å². The summed E-state index contributed by atoms with van der Waals surface area (Å²) in [5.74, 6) is -0.146. The second-order valence-electron chi connectivity index (χ2n) is 4.64. The van der Waals surface area contributed by atoms with Crippen LogP contribution in [-0.4, -0.2) is 27.7 Å². The molecule has 0 aliphatic rings. The van der Waals surface area contributed by atoms with Crippen LogP contribution < -0.4 is 10.3 Å². The molecule has 0 atom stereocenters. The molecule has 0 radical (unpaired) electrons. The number of aromatic nitrogens is 2. The molecule has 0 spiro atoms. The SMILES string of the molecule is O=C(O)COc1ccc(-c2nc3ccccc3c(=O)[nH]2)cc1. The number of ether oxygens (including phenoxy) is 1. The smallest absolute Gasteiger partial charge is 0.341 e. The third-order valence-corrected chi connectivity index (χ3v) is 3.10. The normalized spacial score (nSPS) is 10.5. The van der Waals surface area contributed by atoms with Gasteiger partial charge in [-0.2, -0.15) is 0 Å². The highest BCUT2D eigenvalue weighted by Crippen LogP contribution is 2.20. The minimum atomic E-state index is -1.04. The molecule has 6 heteroatoms. The van der Waals surface area contributed by atoms with Crippen LogP contribution in [0.2, 0.25) is 0 Å². The maximum atomic E-state index is 12.0. The molecule has 3 aromatic rings. The van der Waals surface area contributed by atoms with E-state index in [0.717, 1.165) is 0 Å². The molecule has 110 valence electrons. The molecule has 0 bridgehead atoms. The van der Waals surface area contributed by atoms with Crippen molar-refractivity contribution in [2.45, 2.75) is 0 Å². The van der Waals surface area contributed by atoms with Gasteiger partial charge < -0.3 is 14.8 Å². The predicted molar refractivity (Wildman–Crippen MR) is 80.9 cm³/mol. The molecule has 1 heterocycles. The van der Waals surface area contributed by atoms with Crippen molar-refractivity contribution in [3.8, 4) is 17.1 Å². The largest absolute Gasteiger partial charge is 0.482 e. The Labute approximate surface area is 125 Å². The van der Waals surface area contributed by atoms with Gasteiger partial charge in [-0.1, -0.05) is 12.1 Å². The van der Waals surface area contributed by atoms with Crippen LogP contribution in [0.5, 0.6) is 5.75 Å². The van der Waals surface area contributed by atoms with E-state index in [2.05, 4.69) is 9.97 Å². The van der Waals surface area contributed by atoms with Crippen LogP contribution >= 0.6 is 0 Å². The highest BCUT2D eigenvalue weighted by molar-refractivity contribution is 5.79. The van der Waals surface area contributed by atoms with Crippen molar-refractivity contribution in [1.29, 1.82) is 0 Å². The van der Waals surface area contributed by atoms with Gasteiger partial charge in [0.25, 0.3) is 5.56 Å². The second kappa shape index (κ2) is 5.69. The van der Waals surface area contributed by atoms with Gasteiger partial charge in [0, 0.05) is 5.56 Å². The van der Waals surface area contributed by atoms with Crippen LogP contribution in [0.25, 0.3) is 22.3 Å². The van der Waals surface area contributed by atoms with Gasteiger partial charge in [0.05, 0.1) is 10.9 Å². The topological polar surface area (TPSA) is 92.3 Å². The van der Waals surface area contributed by atoms with Crippen molar-refractivity contribution < 1.29 is 14.6 Å². The van der Waals surface area contributed by atoms with Gasteiger partial charge in [-0.25, -0.2) is 9.78 Å². The zero-order chi connectivity index (χ0) is 15.5. The van der Waals surface area contributed by atoms with E-state index in [1.807, 2.05) is 6.07 Å². The molecule has 6 nitrogen and oxygen atoms in total. The summed E-state index contributed by atoms with van der Waals surface area (Å²) in [6.45, 7) is -0.398. The van der Waals surface area contributed by atoms with Crippen molar-refractivity contribution in [2.24, 2.45) is 0 Å². The molecule has 2 N–H and O–H groups in total. The van der Waals surface area contributed by atoms with Gasteiger partial charge >= 0.3 is 5.97 Å². The second-order valence-corrected chi connectivity index (χ2v) is 4.64. The molecule has 0 aliphatic heterocycles. The number of aliphatic carboxylic acids is 1. The molecule has 0 fully saturated rings. The molecule has 0 saturated carbocycles. The lowest BCUT2D eigenvalue weighted by Gasteiger charge is -2.05. The molecule has 1 aromatic heterocycles. The van der Waals surface area contributed by atoms with Gasteiger partial charge in [0.1, 0.15) is 11.6 Å². The first kappa shape index (κ1) is 13.8. The van der Waals surface area contributed by atoms with Crippen molar-refractivity contribution >= 4 is 16.9 Å². The lowest BCUT2D eigenvalue weighted by molar-refractivity contribution is -0.139. The van der Waals surface area contributed by atoms with Crippen LogP contribution in [0.15, 0.2) is 53.3 Å². The highest BCUT2D eigenvalue weighted by Gasteiger charge is 2.06. The number of hydrogen-bond acceptors (Lipinski definition) is 4. The maximum absolute atomic E-state index is 12.0. The van der Waals surface area contributed by atoms with Crippen molar-refractivity contribution in [3.63, 3.8) is 0 Å². The molecule has 3 rings (SSSR count). The number of fused-ring (bicyclic) bond motifs is 1. The first-order valence-corrected chi connectivity index (χ1v) is 6.57. The third kappa shape index (κ3) is 2.80. The monoisotopic (exact) mass is 296 g/mol. The van der Waals surface area contributed by atoms with E-state index in [-0.39, 0.29) is 5.56 Å². The summed E-state index contributed by atoms with van der Waals surface area (Å²) in [6.07, 6.45) is 0. The molecule has 0 amide bonds. The summed E-state index contributed by atoms with van der Waals surface area (Å²) < 4.78 is 5.06. The molecule has 0 aliphatic carbocycles. The Hall–Kier alpha value is -3.15. The zero-order valence-electron chi connectivity index (χ0n) is 11.4. The number of benzene rings is 2. The van der Waals surface area contributed by atoms with Gasteiger partial charge in [-0.05, 0) is 36.4 Å². The highest BCUT2D eigenvalue weighted by atomic mass is 16.5. The number of para-hydroxylation sites is 1. The predicted octanol–water partition coefficient (Wildman–Crippen LogP) is 2.05. The standard InChI is InChI=1S/C16H12N2O4/c19-14(20)9-22-11-7-5-10(6-8-11)15-17-13-4-2-1-3-12(13)16(21)18-15/h1-8H,9H2,(H,19,20)(H,17,18,21). The van der Waals surface area contributed by atoms with Gasteiger partial charge in [0.2, 0.25) is 0 Å². The van der Waals surface area contributed by atoms with E-state index in [1.165, 1.54) is 0 Å². The third-order valence-electron chi connectivity index (χ3n) is 3.10. The van der Waals surface area contributed by atoms with Gasteiger partial charge in [0.15, 0.2) is 6.61 Å². The Bertz CT molecular complexity index is 885. The Morgan fingerprint density at radius 1 is 1.14 bits per heavy atom. The van der Waals surface area contributed by atoms with Gasteiger partial charge in [-0.15, -0.1) is 0 Å². The Morgan fingerprint density at radius 2 is 1.86 bits per heavy atom. The van der Waals surface area contributed by atoms with Crippen LogP contribution in [0.4, 0.5) is 0 Å². The van der Waals surface area contributed by atoms with Crippen molar-refractivity contribution in [3.05, 3.63) is 58.9 Å². The molecule has 0 unspecified atom stereocenters. The Balaban J connectivity index is 1.94. The van der Waals surface area contributed by atoms with E-state index in [1.54, 1.807) is 42.5 Å². The summed E-state index contributed by atoms with van der Waals surface area (Å²) in [6, 6.07) is 13.8. The first-order chi connectivity index (χ1) is 10.6. The number of rotatable bonds is 4. The number of hydrogen-bond donors (Lipinski definition) is 2. The number of nitrogens with one attached hydrogen (secondary N) is 1. The van der Waals surface area contributed by atoms with E-state index in [9.17, 15) is 9.59 Å². The van der Waals surface area contributed by atoms with E-state index < -0.39 is 12.6 Å². The molecule has 22 heavy (non-hydrogen) atoms. The molecule has 0 saturated heterocycles. The number of carbonyl (C=O) groups is 1. The first-order valence-electron chi connectivity index (χ1n) is 6.57. The Morgan fingerprint density at radius 3 is 2.59 bits per heavy atom. The maximum Gasteiger partial charge on any atom is 0.341 e. The summed E-state index contributed by atoms with van der Waals surface area (Å²) in [5, 5.41) is 9.10. The minimum absolute atomic E-state index is 0.202. The van der Waals surface area contributed by atoms with Crippen LogP contribution in [0, 0.1) is 0 Å². The Kier molecular flexibility index (Phi) is 3.57. The summed E-state index contributed by atoms with van der Waals surface area (Å²) in [4.78, 5) is 29.6. The van der Waals surface area contributed by atoms with Crippen LogP contribution in [0.1, 0.15) is 0 Å². The minimum Gasteiger partial charge on any atom is -0.482 e. The van der Waals surface area contributed by atoms with E-state index in [4.69, 9.17) is 9.84 Å². The van der Waals surface area contributed by atoms with Crippen molar-refractivity contribution in [2.75, 3.05) is 6.61 Å².